The van der Waals surface area contributed by atoms with Crippen molar-refractivity contribution in [1.82, 2.24) is 4.90 Å². The highest BCUT2D eigenvalue weighted by Gasteiger charge is 2.19. The van der Waals surface area contributed by atoms with E-state index in [0.29, 0.717) is 6.42 Å². The lowest BCUT2D eigenvalue weighted by Crippen LogP contribution is -2.46. The first-order valence-electron chi connectivity index (χ1n) is 10.4. The van der Waals surface area contributed by atoms with E-state index >= 15 is 0 Å². The molecule has 1 amide bonds. The van der Waals surface area contributed by atoms with Gasteiger partial charge in [0.15, 0.2) is 0 Å². The van der Waals surface area contributed by atoms with Gasteiger partial charge in [-0.1, -0.05) is 42.0 Å². The normalized spacial score (nSPS) is 17.4. The average molecular weight is 410 g/mol. The number of carbonyl (C=O) groups is 1. The first-order valence-corrected chi connectivity index (χ1v) is 10.8. The van der Waals surface area contributed by atoms with E-state index in [0.717, 1.165) is 56.3 Å². The summed E-state index contributed by atoms with van der Waals surface area (Å²) in [6, 6.07) is 12.4. The van der Waals surface area contributed by atoms with Gasteiger partial charge in [-0.05, 0) is 54.7 Å². The highest BCUT2D eigenvalue weighted by molar-refractivity contribution is 6.33. The largest absolute Gasteiger partial charge is 0.368 e. The Morgan fingerprint density at radius 3 is 2.72 bits per heavy atom. The molecule has 4 nitrogen and oxygen atoms in total. The van der Waals surface area contributed by atoms with Crippen molar-refractivity contribution in [2.24, 2.45) is 0 Å². The van der Waals surface area contributed by atoms with E-state index in [2.05, 4.69) is 52.4 Å². The van der Waals surface area contributed by atoms with E-state index < -0.39 is 0 Å². The summed E-state index contributed by atoms with van der Waals surface area (Å²) in [6.45, 7) is 7.38. The van der Waals surface area contributed by atoms with Crippen LogP contribution in [0, 0.1) is 6.92 Å². The number of hydrogen-bond acceptors (Lipinski definition) is 3. The van der Waals surface area contributed by atoms with Crippen LogP contribution in [-0.2, 0) is 11.2 Å². The molecule has 152 valence electrons. The summed E-state index contributed by atoms with van der Waals surface area (Å²) in [7, 11) is 0. The van der Waals surface area contributed by atoms with Gasteiger partial charge < -0.3 is 10.2 Å². The minimum absolute atomic E-state index is 0.116. The number of hydrogen-bond donors (Lipinski definition) is 1. The molecule has 5 heteroatoms. The lowest BCUT2D eigenvalue weighted by atomic mass is 10.00. The van der Waals surface area contributed by atoms with E-state index in [9.17, 15) is 4.79 Å². The number of rotatable bonds is 5. The number of aryl methyl sites for hydroxylation is 2. The molecule has 0 saturated carbocycles. The molecular weight excluding hydrogens is 382 g/mol. The molecule has 2 aromatic carbocycles. The van der Waals surface area contributed by atoms with E-state index in [-0.39, 0.29) is 5.91 Å². The van der Waals surface area contributed by atoms with Gasteiger partial charge in [-0.2, -0.15) is 0 Å². The highest BCUT2D eigenvalue weighted by atomic mass is 35.5. The quantitative estimate of drug-likeness (QED) is 0.773. The fourth-order valence-corrected chi connectivity index (χ4v) is 4.54. The lowest BCUT2D eigenvalue weighted by molar-refractivity contribution is -0.116. The number of para-hydroxylation sites is 1. The van der Waals surface area contributed by atoms with Crippen LogP contribution < -0.4 is 10.2 Å². The molecule has 0 bridgehead atoms. The summed E-state index contributed by atoms with van der Waals surface area (Å²) in [6.07, 6.45) is 6.91. The Labute approximate surface area is 178 Å². The minimum atomic E-state index is 0.116. The molecule has 0 spiro atoms. The summed E-state index contributed by atoms with van der Waals surface area (Å²) in [5.74, 6) is 0.116. The van der Waals surface area contributed by atoms with Gasteiger partial charge in [0.05, 0.1) is 10.7 Å². The Morgan fingerprint density at radius 2 is 1.93 bits per heavy atom. The first-order chi connectivity index (χ1) is 14.1. The number of amides is 1. The third kappa shape index (κ3) is 4.82. The zero-order chi connectivity index (χ0) is 20.2. The van der Waals surface area contributed by atoms with Crippen molar-refractivity contribution in [2.45, 2.75) is 26.2 Å². The number of carbonyl (C=O) groups excluding carboxylic acids is 1. The molecule has 0 atom stereocenters. The number of piperazine rings is 1. The molecular formula is C24H28ClN3O. The molecule has 1 saturated heterocycles. The van der Waals surface area contributed by atoms with Crippen LogP contribution >= 0.6 is 11.6 Å². The molecule has 0 radical (unpaired) electrons. The van der Waals surface area contributed by atoms with Crippen molar-refractivity contribution in [1.29, 1.82) is 0 Å². The summed E-state index contributed by atoms with van der Waals surface area (Å²) in [5.41, 5.74) is 5.84. The smallest absolute Gasteiger partial charge is 0.224 e. The van der Waals surface area contributed by atoms with Crippen LogP contribution in [0.15, 0.2) is 42.5 Å². The van der Waals surface area contributed by atoms with Crippen LogP contribution in [-0.4, -0.2) is 43.5 Å². The number of fused-ring (bicyclic) bond motifs is 1. The van der Waals surface area contributed by atoms with E-state index in [4.69, 9.17) is 11.6 Å². The van der Waals surface area contributed by atoms with E-state index in [1.54, 1.807) is 0 Å². The van der Waals surface area contributed by atoms with Gasteiger partial charge in [-0.3, -0.25) is 9.69 Å². The maximum Gasteiger partial charge on any atom is 0.224 e. The van der Waals surface area contributed by atoms with Crippen LogP contribution in [0.2, 0.25) is 5.02 Å². The van der Waals surface area contributed by atoms with Crippen LogP contribution in [0.4, 0.5) is 11.4 Å². The second-order valence-corrected chi connectivity index (χ2v) is 8.30. The number of nitrogens with zero attached hydrogens (tertiary/aromatic N) is 2. The van der Waals surface area contributed by atoms with E-state index in [1.807, 2.05) is 18.2 Å². The second kappa shape index (κ2) is 9.02. The molecule has 0 aromatic heterocycles. The molecule has 2 aromatic rings. The molecule has 4 rings (SSSR count). The summed E-state index contributed by atoms with van der Waals surface area (Å²) >= 11 is 6.43. The van der Waals surface area contributed by atoms with E-state index in [1.165, 1.54) is 22.4 Å². The van der Waals surface area contributed by atoms with Gasteiger partial charge in [-0.25, -0.2) is 0 Å². The van der Waals surface area contributed by atoms with Crippen molar-refractivity contribution < 1.29 is 4.79 Å². The molecule has 1 fully saturated rings. The van der Waals surface area contributed by atoms with Crippen molar-refractivity contribution in [3.63, 3.8) is 0 Å². The maximum atomic E-state index is 11.5. The summed E-state index contributed by atoms with van der Waals surface area (Å²) in [4.78, 5) is 16.4. The molecule has 0 unspecified atom stereocenters. The van der Waals surface area contributed by atoms with Crippen molar-refractivity contribution >= 4 is 35.0 Å². The molecule has 0 aliphatic carbocycles. The van der Waals surface area contributed by atoms with Gasteiger partial charge >= 0.3 is 0 Å². The first kappa shape index (κ1) is 20.0. The van der Waals surface area contributed by atoms with Crippen molar-refractivity contribution in [3.8, 4) is 0 Å². The second-order valence-electron chi connectivity index (χ2n) is 7.89. The predicted octanol–water partition coefficient (Wildman–Crippen LogP) is 4.76. The minimum Gasteiger partial charge on any atom is -0.368 e. The van der Waals surface area contributed by atoms with Crippen LogP contribution in [0.3, 0.4) is 0 Å². The Balaban J connectivity index is 1.25. The van der Waals surface area contributed by atoms with Crippen LogP contribution in [0.25, 0.3) is 6.08 Å². The van der Waals surface area contributed by atoms with Crippen LogP contribution in [0.5, 0.6) is 0 Å². The number of halogens is 1. The fraction of sp³-hybridized carbons (Fsp3) is 0.375. The molecule has 2 heterocycles. The maximum absolute atomic E-state index is 11.5. The molecule has 29 heavy (non-hydrogen) atoms. The zero-order valence-corrected chi connectivity index (χ0v) is 17.7. The van der Waals surface area contributed by atoms with Gasteiger partial charge in [0.1, 0.15) is 0 Å². The molecule has 2 aliphatic rings. The SMILES string of the molecule is Cc1cccc(Cl)c1N1CCN(CC/C=C/c2ccc3c(c2)CCC(=O)N3)CC1. The lowest BCUT2D eigenvalue weighted by Gasteiger charge is -2.37. The van der Waals surface area contributed by atoms with Crippen LogP contribution in [0.1, 0.15) is 29.5 Å². The van der Waals surface area contributed by atoms with Gasteiger partial charge in [0.2, 0.25) is 5.91 Å². The average Bonchev–Trinajstić information content (AvgIpc) is 2.72. The zero-order valence-electron chi connectivity index (χ0n) is 17.0. The van der Waals surface area contributed by atoms with Crippen molar-refractivity contribution in [3.05, 3.63) is 64.2 Å². The number of anilines is 2. The summed E-state index contributed by atoms with van der Waals surface area (Å²) < 4.78 is 0. The Kier molecular flexibility index (Phi) is 6.22. The molecule has 2 aliphatic heterocycles. The topological polar surface area (TPSA) is 35.6 Å². The Bertz CT molecular complexity index is 896. The monoisotopic (exact) mass is 409 g/mol. The standard InChI is InChI=1S/C24H28ClN3O/c1-18-5-4-7-21(25)24(18)28-15-13-27(14-16-28)12-3-2-6-19-8-10-22-20(17-19)9-11-23(29)26-22/h2,4-8,10,17H,3,9,11-16H2,1H3,(H,26,29)/b6-2+. The van der Waals surface area contributed by atoms with Gasteiger partial charge in [0.25, 0.3) is 0 Å². The third-order valence-corrected chi connectivity index (χ3v) is 6.13. The summed E-state index contributed by atoms with van der Waals surface area (Å²) in [5, 5.41) is 3.79. The molecule has 1 N–H and O–H groups in total. The fourth-order valence-electron chi connectivity index (χ4n) is 4.20. The number of benzene rings is 2. The highest BCUT2D eigenvalue weighted by Crippen LogP contribution is 2.30. The number of nitrogens with one attached hydrogen (secondary N) is 1. The van der Waals surface area contributed by atoms with Gasteiger partial charge in [0, 0.05) is 44.8 Å². The Hall–Kier alpha value is -2.30. The van der Waals surface area contributed by atoms with Gasteiger partial charge in [-0.15, -0.1) is 0 Å². The predicted molar refractivity (Wildman–Crippen MR) is 122 cm³/mol. The van der Waals surface area contributed by atoms with Crippen molar-refractivity contribution in [2.75, 3.05) is 42.9 Å². The Morgan fingerprint density at radius 1 is 1.10 bits per heavy atom. The third-order valence-electron chi connectivity index (χ3n) is 5.82.